The van der Waals surface area contributed by atoms with Crippen LogP contribution in [-0.4, -0.2) is 19.7 Å². The molecule has 0 unspecified atom stereocenters. The van der Waals surface area contributed by atoms with Crippen molar-refractivity contribution < 1.29 is 8.42 Å². The molecule has 0 aliphatic heterocycles. The number of rotatable bonds is 4. The molecule has 0 saturated carbocycles. The minimum atomic E-state index is -3.00. The lowest BCUT2D eigenvalue weighted by atomic mass is 10.0. The Morgan fingerprint density at radius 3 is 2.53 bits per heavy atom. The van der Waals surface area contributed by atoms with Crippen LogP contribution in [-0.2, 0) is 16.3 Å². The standard InChI is InChI=1S/C11H15NO2S/c1-10(5-8-15(2,13)14)9-11-3-6-12-7-4-11/h3-8,10H,9H2,1-2H3/b8-5+/t10-/m1/s1. The number of nitrogens with zero attached hydrogens (tertiary/aromatic N) is 1. The second-order valence-corrected chi connectivity index (χ2v) is 5.63. The molecule has 0 radical (unpaired) electrons. The first-order valence-electron chi connectivity index (χ1n) is 4.74. The van der Waals surface area contributed by atoms with Gasteiger partial charge in [-0.2, -0.15) is 0 Å². The highest BCUT2D eigenvalue weighted by Gasteiger charge is 2.01. The van der Waals surface area contributed by atoms with Gasteiger partial charge in [-0.25, -0.2) is 8.42 Å². The molecular weight excluding hydrogens is 210 g/mol. The lowest BCUT2D eigenvalue weighted by Crippen LogP contribution is -1.98. The molecule has 0 amide bonds. The Morgan fingerprint density at radius 1 is 1.40 bits per heavy atom. The molecule has 0 bridgehead atoms. The fraction of sp³-hybridized carbons (Fsp3) is 0.364. The first-order chi connectivity index (χ1) is 6.97. The van der Waals surface area contributed by atoms with Gasteiger partial charge in [-0.1, -0.05) is 13.0 Å². The Labute approximate surface area is 90.8 Å². The summed E-state index contributed by atoms with van der Waals surface area (Å²) in [5.74, 6) is 0.210. The zero-order valence-electron chi connectivity index (χ0n) is 8.92. The Balaban J connectivity index is 2.58. The predicted molar refractivity (Wildman–Crippen MR) is 61.1 cm³/mol. The van der Waals surface area contributed by atoms with Gasteiger partial charge in [0.1, 0.15) is 0 Å². The fourth-order valence-corrected chi connectivity index (χ4v) is 1.79. The van der Waals surface area contributed by atoms with Crippen LogP contribution in [0.1, 0.15) is 12.5 Å². The van der Waals surface area contributed by atoms with E-state index in [0.717, 1.165) is 12.0 Å². The zero-order chi connectivity index (χ0) is 11.3. The molecule has 1 rings (SSSR count). The Bertz CT molecular complexity index is 423. The van der Waals surface area contributed by atoms with E-state index in [-0.39, 0.29) is 5.92 Å². The molecule has 0 fully saturated rings. The molecule has 0 aliphatic carbocycles. The van der Waals surface area contributed by atoms with Gasteiger partial charge < -0.3 is 0 Å². The van der Waals surface area contributed by atoms with Gasteiger partial charge in [0.2, 0.25) is 0 Å². The van der Waals surface area contributed by atoms with Gasteiger partial charge in [0.15, 0.2) is 9.84 Å². The van der Waals surface area contributed by atoms with Gasteiger partial charge in [-0.05, 0) is 30.0 Å². The van der Waals surface area contributed by atoms with Crippen LogP contribution in [0, 0.1) is 5.92 Å². The van der Waals surface area contributed by atoms with Crippen molar-refractivity contribution in [3.05, 3.63) is 41.6 Å². The van der Waals surface area contributed by atoms with Crippen LogP contribution in [0.15, 0.2) is 36.0 Å². The smallest absolute Gasteiger partial charge is 0.168 e. The maximum Gasteiger partial charge on any atom is 0.168 e. The molecule has 3 nitrogen and oxygen atoms in total. The average molecular weight is 225 g/mol. The number of aromatic nitrogens is 1. The second-order valence-electron chi connectivity index (χ2n) is 3.69. The first-order valence-corrected chi connectivity index (χ1v) is 6.70. The molecule has 0 spiro atoms. The molecule has 82 valence electrons. The van der Waals surface area contributed by atoms with Gasteiger partial charge in [0, 0.05) is 24.1 Å². The molecule has 1 aromatic heterocycles. The van der Waals surface area contributed by atoms with E-state index in [1.165, 1.54) is 11.7 Å². The maximum absolute atomic E-state index is 10.9. The summed E-state index contributed by atoms with van der Waals surface area (Å²) >= 11 is 0. The van der Waals surface area contributed by atoms with Crippen LogP contribution >= 0.6 is 0 Å². The highest BCUT2D eigenvalue weighted by atomic mass is 32.2. The molecule has 0 saturated heterocycles. The minimum Gasteiger partial charge on any atom is -0.265 e. The molecular formula is C11H15NO2S. The fourth-order valence-electron chi connectivity index (χ4n) is 1.24. The van der Waals surface area contributed by atoms with Crippen LogP contribution in [0.2, 0.25) is 0 Å². The van der Waals surface area contributed by atoms with Gasteiger partial charge in [0.05, 0.1) is 0 Å². The van der Waals surface area contributed by atoms with E-state index in [2.05, 4.69) is 4.98 Å². The molecule has 1 atom stereocenters. The van der Waals surface area contributed by atoms with E-state index < -0.39 is 9.84 Å². The molecule has 0 aromatic carbocycles. The van der Waals surface area contributed by atoms with Gasteiger partial charge in [-0.3, -0.25) is 4.98 Å². The van der Waals surface area contributed by atoms with E-state index in [9.17, 15) is 8.42 Å². The Kier molecular flexibility index (Phi) is 4.03. The van der Waals surface area contributed by atoms with Crippen molar-refractivity contribution in [1.29, 1.82) is 0 Å². The van der Waals surface area contributed by atoms with Crippen molar-refractivity contribution in [2.75, 3.05) is 6.26 Å². The van der Waals surface area contributed by atoms with Crippen molar-refractivity contribution in [1.82, 2.24) is 4.98 Å². The van der Waals surface area contributed by atoms with Crippen LogP contribution < -0.4 is 0 Å². The predicted octanol–water partition coefficient (Wildman–Crippen LogP) is 1.82. The van der Waals surface area contributed by atoms with E-state index in [1.54, 1.807) is 18.5 Å². The number of allylic oxidation sites excluding steroid dienone is 1. The number of hydrogen-bond acceptors (Lipinski definition) is 3. The van der Waals surface area contributed by atoms with Crippen LogP contribution in [0.4, 0.5) is 0 Å². The molecule has 0 aliphatic rings. The number of hydrogen-bond donors (Lipinski definition) is 0. The van der Waals surface area contributed by atoms with Crippen molar-refractivity contribution >= 4 is 9.84 Å². The number of sulfone groups is 1. The molecule has 4 heteroatoms. The molecule has 1 heterocycles. The van der Waals surface area contributed by atoms with Crippen LogP contribution in [0.25, 0.3) is 0 Å². The summed E-state index contributed by atoms with van der Waals surface area (Å²) in [4.78, 5) is 3.92. The average Bonchev–Trinajstić information content (AvgIpc) is 2.15. The third-order valence-corrected chi connectivity index (χ3v) is 2.61. The maximum atomic E-state index is 10.9. The summed E-state index contributed by atoms with van der Waals surface area (Å²) in [6.45, 7) is 1.99. The van der Waals surface area contributed by atoms with Crippen LogP contribution in [0.3, 0.4) is 0 Å². The van der Waals surface area contributed by atoms with Crippen molar-refractivity contribution in [3.8, 4) is 0 Å². The quantitative estimate of drug-likeness (QED) is 0.785. The summed E-state index contributed by atoms with van der Waals surface area (Å²) in [6.07, 6.45) is 7.22. The zero-order valence-corrected chi connectivity index (χ0v) is 9.74. The minimum absolute atomic E-state index is 0.210. The van der Waals surface area contributed by atoms with Crippen molar-refractivity contribution in [2.45, 2.75) is 13.3 Å². The van der Waals surface area contributed by atoms with E-state index in [1.807, 2.05) is 19.1 Å². The summed E-state index contributed by atoms with van der Waals surface area (Å²) in [5.41, 5.74) is 1.16. The highest BCUT2D eigenvalue weighted by Crippen LogP contribution is 2.08. The normalized spacial score (nSPS) is 14.3. The third-order valence-electron chi connectivity index (χ3n) is 1.96. The summed E-state index contributed by atoms with van der Waals surface area (Å²) in [5, 5.41) is 1.26. The number of pyridine rings is 1. The molecule has 0 N–H and O–H groups in total. The largest absolute Gasteiger partial charge is 0.265 e. The second kappa shape index (κ2) is 5.07. The monoisotopic (exact) mass is 225 g/mol. The molecule has 1 aromatic rings. The van der Waals surface area contributed by atoms with Crippen molar-refractivity contribution in [3.63, 3.8) is 0 Å². The summed E-state index contributed by atoms with van der Waals surface area (Å²) in [7, 11) is -3.00. The Hall–Kier alpha value is -1.16. The third kappa shape index (κ3) is 5.32. The van der Waals surface area contributed by atoms with E-state index >= 15 is 0 Å². The van der Waals surface area contributed by atoms with E-state index in [4.69, 9.17) is 0 Å². The molecule has 15 heavy (non-hydrogen) atoms. The topological polar surface area (TPSA) is 47.0 Å². The summed E-state index contributed by atoms with van der Waals surface area (Å²) in [6, 6.07) is 3.87. The first kappa shape index (κ1) is 11.9. The SMILES string of the molecule is C[C@H](/C=C/S(C)(=O)=O)Cc1ccncc1. The highest BCUT2D eigenvalue weighted by molar-refractivity contribution is 7.93. The van der Waals surface area contributed by atoms with Gasteiger partial charge >= 0.3 is 0 Å². The van der Waals surface area contributed by atoms with Gasteiger partial charge in [0.25, 0.3) is 0 Å². The van der Waals surface area contributed by atoms with Crippen LogP contribution in [0.5, 0.6) is 0 Å². The van der Waals surface area contributed by atoms with Crippen molar-refractivity contribution in [2.24, 2.45) is 5.92 Å². The van der Waals surface area contributed by atoms with Gasteiger partial charge in [-0.15, -0.1) is 0 Å². The lowest BCUT2D eigenvalue weighted by Gasteiger charge is -2.05. The summed E-state index contributed by atoms with van der Waals surface area (Å²) < 4.78 is 21.8. The lowest BCUT2D eigenvalue weighted by molar-refractivity contribution is 0.609. The Morgan fingerprint density at radius 2 is 2.00 bits per heavy atom. The van der Waals surface area contributed by atoms with E-state index in [0.29, 0.717) is 0 Å².